The molecule has 0 aromatic carbocycles. The molecule has 2 rings (SSSR count). The average Bonchev–Trinajstić information content (AvgIpc) is 2.82. The van der Waals surface area contributed by atoms with Gasteiger partial charge in [0.2, 0.25) is 5.91 Å². The second-order valence-electron chi connectivity index (χ2n) is 4.42. The minimum absolute atomic E-state index is 0.00356. The lowest BCUT2D eigenvalue weighted by molar-refractivity contribution is -0.116. The Morgan fingerprint density at radius 1 is 1.33 bits per heavy atom. The van der Waals surface area contributed by atoms with Crippen LogP contribution in [-0.2, 0) is 4.79 Å². The van der Waals surface area contributed by atoms with Gasteiger partial charge in [-0.05, 0) is 18.1 Å². The van der Waals surface area contributed by atoms with Gasteiger partial charge in [0.25, 0.3) is 0 Å². The molecule has 0 saturated carbocycles. The van der Waals surface area contributed by atoms with Crippen LogP contribution < -0.4 is 5.32 Å². The quantitative estimate of drug-likeness (QED) is 0.888. The molecule has 2 aromatic rings. The van der Waals surface area contributed by atoms with Crippen molar-refractivity contribution in [1.82, 2.24) is 19.7 Å². The fraction of sp³-hybridized carbons (Fsp3) is 0.333. The van der Waals surface area contributed by atoms with Crippen LogP contribution in [0.5, 0.6) is 0 Å². The third-order valence-electron chi connectivity index (χ3n) is 2.31. The minimum atomic E-state index is 0.00356. The SMILES string of the molecule is CC(C)CC(=O)Nc1ccc(-n2cnnc2)nc1. The summed E-state index contributed by atoms with van der Waals surface area (Å²) in [5.74, 6) is 1.06. The fourth-order valence-corrected chi connectivity index (χ4v) is 1.51. The van der Waals surface area contributed by atoms with E-state index in [0.717, 1.165) is 0 Å². The van der Waals surface area contributed by atoms with Crippen LogP contribution in [0.1, 0.15) is 20.3 Å². The molecule has 0 aliphatic carbocycles. The molecule has 0 aliphatic rings. The van der Waals surface area contributed by atoms with Crippen molar-refractivity contribution in [3.05, 3.63) is 31.0 Å². The van der Waals surface area contributed by atoms with Gasteiger partial charge in [-0.2, -0.15) is 0 Å². The normalized spacial score (nSPS) is 10.6. The van der Waals surface area contributed by atoms with Gasteiger partial charge in [-0.3, -0.25) is 9.36 Å². The number of nitrogens with one attached hydrogen (secondary N) is 1. The number of pyridine rings is 1. The van der Waals surface area contributed by atoms with E-state index in [-0.39, 0.29) is 5.91 Å². The molecule has 0 unspecified atom stereocenters. The third kappa shape index (κ3) is 3.13. The minimum Gasteiger partial charge on any atom is -0.325 e. The highest BCUT2D eigenvalue weighted by atomic mass is 16.1. The van der Waals surface area contributed by atoms with Crippen LogP contribution in [0.25, 0.3) is 5.82 Å². The summed E-state index contributed by atoms with van der Waals surface area (Å²) >= 11 is 0. The van der Waals surface area contributed by atoms with Crippen molar-refractivity contribution < 1.29 is 4.79 Å². The van der Waals surface area contributed by atoms with Crippen molar-refractivity contribution in [2.45, 2.75) is 20.3 Å². The first-order chi connectivity index (χ1) is 8.65. The Balaban J connectivity index is 2.02. The van der Waals surface area contributed by atoms with E-state index < -0.39 is 0 Å². The number of rotatable bonds is 4. The zero-order valence-corrected chi connectivity index (χ0v) is 10.4. The summed E-state index contributed by atoms with van der Waals surface area (Å²) in [5.41, 5.74) is 0.692. The molecular formula is C12H15N5O. The van der Waals surface area contributed by atoms with Crippen LogP contribution in [0.2, 0.25) is 0 Å². The van der Waals surface area contributed by atoms with E-state index in [2.05, 4.69) is 20.5 Å². The van der Waals surface area contributed by atoms with Gasteiger partial charge in [0.05, 0.1) is 11.9 Å². The Kier molecular flexibility index (Phi) is 3.66. The molecule has 0 radical (unpaired) electrons. The molecule has 18 heavy (non-hydrogen) atoms. The molecule has 0 saturated heterocycles. The number of aromatic nitrogens is 4. The van der Waals surface area contributed by atoms with Gasteiger partial charge in [-0.1, -0.05) is 13.8 Å². The molecular weight excluding hydrogens is 230 g/mol. The standard InChI is InChI=1S/C12H15N5O/c1-9(2)5-12(18)16-10-3-4-11(13-6-10)17-7-14-15-8-17/h3-4,6-9H,5H2,1-2H3,(H,16,18). The summed E-state index contributed by atoms with van der Waals surface area (Å²) in [6, 6.07) is 3.61. The smallest absolute Gasteiger partial charge is 0.224 e. The summed E-state index contributed by atoms with van der Waals surface area (Å²) in [6.07, 6.45) is 5.26. The van der Waals surface area contributed by atoms with E-state index in [9.17, 15) is 4.79 Å². The molecule has 6 heteroatoms. The summed E-state index contributed by atoms with van der Waals surface area (Å²) in [4.78, 5) is 15.8. The Morgan fingerprint density at radius 3 is 2.61 bits per heavy atom. The number of carbonyl (C=O) groups is 1. The number of anilines is 1. The largest absolute Gasteiger partial charge is 0.325 e. The number of amides is 1. The first kappa shape index (κ1) is 12.2. The van der Waals surface area contributed by atoms with Gasteiger partial charge in [0.1, 0.15) is 18.5 Å². The van der Waals surface area contributed by atoms with Crippen molar-refractivity contribution in [2.75, 3.05) is 5.32 Å². The van der Waals surface area contributed by atoms with Crippen molar-refractivity contribution >= 4 is 11.6 Å². The van der Waals surface area contributed by atoms with Crippen LogP contribution in [0.3, 0.4) is 0 Å². The molecule has 0 atom stereocenters. The second-order valence-corrected chi connectivity index (χ2v) is 4.42. The van der Waals surface area contributed by atoms with Crippen molar-refractivity contribution in [3.8, 4) is 5.82 Å². The van der Waals surface area contributed by atoms with E-state index in [4.69, 9.17) is 0 Å². The first-order valence-corrected chi connectivity index (χ1v) is 5.76. The van der Waals surface area contributed by atoms with Crippen molar-refractivity contribution in [1.29, 1.82) is 0 Å². The predicted molar refractivity (Wildman–Crippen MR) is 67.2 cm³/mol. The summed E-state index contributed by atoms with van der Waals surface area (Å²) < 4.78 is 1.69. The van der Waals surface area contributed by atoms with Gasteiger partial charge < -0.3 is 5.32 Å². The summed E-state index contributed by atoms with van der Waals surface area (Å²) in [7, 11) is 0. The highest BCUT2D eigenvalue weighted by molar-refractivity contribution is 5.90. The van der Waals surface area contributed by atoms with E-state index in [1.165, 1.54) is 0 Å². The highest BCUT2D eigenvalue weighted by Crippen LogP contribution is 2.10. The monoisotopic (exact) mass is 245 g/mol. The van der Waals surface area contributed by atoms with E-state index in [1.54, 1.807) is 35.6 Å². The lowest BCUT2D eigenvalue weighted by Crippen LogP contribution is -2.14. The average molecular weight is 245 g/mol. The molecule has 0 bridgehead atoms. The van der Waals surface area contributed by atoms with Gasteiger partial charge in [-0.25, -0.2) is 4.98 Å². The molecule has 1 amide bonds. The Morgan fingerprint density at radius 2 is 2.06 bits per heavy atom. The van der Waals surface area contributed by atoms with Crippen molar-refractivity contribution in [3.63, 3.8) is 0 Å². The Hall–Kier alpha value is -2.24. The fourth-order valence-electron chi connectivity index (χ4n) is 1.51. The predicted octanol–water partition coefficient (Wildman–Crippen LogP) is 1.65. The number of nitrogens with zero attached hydrogens (tertiary/aromatic N) is 4. The van der Waals surface area contributed by atoms with E-state index in [0.29, 0.717) is 23.8 Å². The van der Waals surface area contributed by atoms with E-state index in [1.807, 2.05) is 13.8 Å². The first-order valence-electron chi connectivity index (χ1n) is 5.76. The van der Waals surface area contributed by atoms with E-state index >= 15 is 0 Å². The van der Waals surface area contributed by atoms with Crippen LogP contribution >= 0.6 is 0 Å². The van der Waals surface area contributed by atoms with Crippen molar-refractivity contribution in [2.24, 2.45) is 5.92 Å². The molecule has 2 heterocycles. The molecule has 0 spiro atoms. The zero-order chi connectivity index (χ0) is 13.0. The zero-order valence-electron chi connectivity index (χ0n) is 10.4. The topological polar surface area (TPSA) is 72.7 Å². The lowest BCUT2D eigenvalue weighted by Gasteiger charge is -2.07. The van der Waals surface area contributed by atoms with Crippen LogP contribution in [-0.4, -0.2) is 25.7 Å². The van der Waals surface area contributed by atoms with Crippen LogP contribution in [0, 0.1) is 5.92 Å². The van der Waals surface area contributed by atoms with Gasteiger partial charge in [-0.15, -0.1) is 10.2 Å². The van der Waals surface area contributed by atoms with Gasteiger partial charge in [0, 0.05) is 6.42 Å². The molecule has 6 nitrogen and oxygen atoms in total. The maximum absolute atomic E-state index is 11.6. The molecule has 0 fully saturated rings. The molecule has 1 N–H and O–H groups in total. The maximum Gasteiger partial charge on any atom is 0.224 e. The maximum atomic E-state index is 11.6. The van der Waals surface area contributed by atoms with Gasteiger partial charge >= 0.3 is 0 Å². The summed E-state index contributed by atoms with van der Waals surface area (Å²) in [5, 5.41) is 10.2. The van der Waals surface area contributed by atoms with Crippen LogP contribution in [0.15, 0.2) is 31.0 Å². The number of carbonyl (C=O) groups excluding carboxylic acids is 1. The molecule has 0 aliphatic heterocycles. The number of hydrogen-bond donors (Lipinski definition) is 1. The van der Waals surface area contributed by atoms with Crippen LogP contribution in [0.4, 0.5) is 5.69 Å². The lowest BCUT2D eigenvalue weighted by atomic mass is 10.1. The Bertz CT molecular complexity index is 504. The molecule has 2 aromatic heterocycles. The third-order valence-corrected chi connectivity index (χ3v) is 2.31. The second kappa shape index (κ2) is 5.39. The molecule has 94 valence electrons. The number of hydrogen-bond acceptors (Lipinski definition) is 4. The Labute approximate surface area is 105 Å². The van der Waals surface area contributed by atoms with Gasteiger partial charge in [0.15, 0.2) is 0 Å². The summed E-state index contributed by atoms with van der Waals surface area (Å²) in [6.45, 7) is 4.01. The highest BCUT2D eigenvalue weighted by Gasteiger charge is 2.05.